The quantitative estimate of drug-likeness (QED) is 0.578. The zero-order valence-corrected chi connectivity index (χ0v) is 19.4. The van der Waals surface area contributed by atoms with E-state index in [1.54, 1.807) is 24.3 Å². The highest BCUT2D eigenvalue weighted by atomic mass is 32.2. The Morgan fingerprint density at radius 3 is 2.25 bits per heavy atom. The molecule has 0 radical (unpaired) electrons. The number of carbonyl (C=O) groups is 1. The zero-order valence-electron chi connectivity index (χ0n) is 18.6. The van der Waals surface area contributed by atoms with Gasteiger partial charge in [0.1, 0.15) is 12.4 Å². The molecule has 0 spiro atoms. The van der Waals surface area contributed by atoms with Gasteiger partial charge in [-0.25, -0.2) is 12.8 Å². The second-order valence-electron chi connectivity index (χ2n) is 8.26. The van der Waals surface area contributed by atoms with Crippen LogP contribution in [0.2, 0.25) is 0 Å². The van der Waals surface area contributed by atoms with Crippen LogP contribution in [0.4, 0.5) is 10.1 Å². The lowest BCUT2D eigenvalue weighted by Crippen LogP contribution is -2.41. The Hall–Kier alpha value is -2.45. The summed E-state index contributed by atoms with van der Waals surface area (Å²) in [7, 11) is -4.03. The van der Waals surface area contributed by atoms with E-state index >= 15 is 0 Å². The molecule has 0 aliphatic carbocycles. The van der Waals surface area contributed by atoms with Crippen molar-refractivity contribution < 1.29 is 17.6 Å². The Morgan fingerprint density at radius 2 is 1.62 bits per heavy atom. The van der Waals surface area contributed by atoms with Crippen LogP contribution in [0.1, 0.15) is 37.7 Å². The number of halogens is 1. The molecule has 6 nitrogen and oxygen atoms in total. The van der Waals surface area contributed by atoms with E-state index in [4.69, 9.17) is 0 Å². The summed E-state index contributed by atoms with van der Waals surface area (Å²) in [6.07, 6.45) is 5.83. The van der Waals surface area contributed by atoms with Crippen LogP contribution in [0.5, 0.6) is 0 Å². The predicted molar refractivity (Wildman–Crippen MR) is 125 cm³/mol. The average Bonchev–Trinajstić information content (AvgIpc) is 3.05. The molecule has 1 amide bonds. The van der Waals surface area contributed by atoms with Crippen LogP contribution in [0.25, 0.3) is 0 Å². The highest BCUT2D eigenvalue weighted by Crippen LogP contribution is 2.24. The molecule has 2 aromatic carbocycles. The van der Waals surface area contributed by atoms with Crippen molar-refractivity contribution >= 4 is 21.6 Å². The van der Waals surface area contributed by atoms with Crippen molar-refractivity contribution in [1.29, 1.82) is 0 Å². The normalized spacial score (nSPS) is 15.2. The van der Waals surface area contributed by atoms with Gasteiger partial charge in [0.25, 0.3) is 10.0 Å². The van der Waals surface area contributed by atoms with E-state index in [1.165, 1.54) is 37.8 Å². The van der Waals surface area contributed by atoms with Gasteiger partial charge in [0.05, 0.1) is 10.6 Å². The van der Waals surface area contributed by atoms with Gasteiger partial charge in [0.2, 0.25) is 5.91 Å². The largest absolute Gasteiger partial charge is 0.354 e. The van der Waals surface area contributed by atoms with E-state index in [0.29, 0.717) is 12.2 Å². The van der Waals surface area contributed by atoms with Gasteiger partial charge in [0, 0.05) is 6.54 Å². The van der Waals surface area contributed by atoms with Gasteiger partial charge in [0.15, 0.2) is 0 Å². The molecule has 0 atom stereocenters. The Bertz CT molecular complexity index is 971. The van der Waals surface area contributed by atoms with E-state index in [2.05, 4.69) is 10.2 Å². The van der Waals surface area contributed by atoms with Crippen molar-refractivity contribution in [3.05, 3.63) is 59.9 Å². The molecule has 174 valence electrons. The lowest BCUT2D eigenvalue weighted by molar-refractivity contribution is -0.119. The number of hydrogen-bond donors (Lipinski definition) is 1. The molecule has 1 heterocycles. The van der Waals surface area contributed by atoms with E-state index in [-0.39, 0.29) is 17.3 Å². The van der Waals surface area contributed by atoms with Gasteiger partial charge in [-0.2, -0.15) is 0 Å². The standard InChI is InChI=1S/C24H32FN3O3S/c1-20-7-11-22(12-8-20)28(32(30,31)23-13-9-21(25)10-14-23)19-24(29)26-15-6-18-27-16-4-2-3-5-17-27/h7-14H,2-6,15-19H2,1H3,(H,26,29). The number of anilines is 1. The first kappa shape index (κ1) is 24.2. The summed E-state index contributed by atoms with van der Waals surface area (Å²) >= 11 is 0. The van der Waals surface area contributed by atoms with Crippen LogP contribution in [0.15, 0.2) is 53.4 Å². The summed E-state index contributed by atoms with van der Waals surface area (Å²) in [5.41, 5.74) is 1.37. The van der Waals surface area contributed by atoms with Crippen molar-refractivity contribution in [1.82, 2.24) is 10.2 Å². The van der Waals surface area contributed by atoms with Crippen LogP contribution < -0.4 is 9.62 Å². The first-order valence-corrected chi connectivity index (χ1v) is 12.6. The van der Waals surface area contributed by atoms with Gasteiger partial charge in [-0.3, -0.25) is 9.10 Å². The van der Waals surface area contributed by atoms with E-state index in [0.717, 1.165) is 48.1 Å². The van der Waals surface area contributed by atoms with Gasteiger partial charge < -0.3 is 10.2 Å². The molecule has 32 heavy (non-hydrogen) atoms. The summed E-state index contributed by atoms with van der Waals surface area (Å²) < 4.78 is 40.9. The number of aryl methyl sites for hydroxylation is 1. The fourth-order valence-corrected chi connectivity index (χ4v) is 5.26. The number of carbonyl (C=O) groups excluding carboxylic acids is 1. The maximum atomic E-state index is 13.3. The molecule has 1 N–H and O–H groups in total. The fourth-order valence-electron chi connectivity index (χ4n) is 3.84. The Labute approximate surface area is 190 Å². The molecule has 0 aromatic heterocycles. The first-order valence-electron chi connectivity index (χ1n) is 11.2. The van der Waals surface area contributed by atoms with Crippen LogP contribution in [-0.2, 0) is 14.8 Å². The van der Waals surface area contributed by atoms with Crippen molar-refractivity contribution in [3.8, 4) is 0 Å². The summed E-state index contributed by atoms with van der Waals surface area (Å²) in [6.45, 7) is 5.19. The molecule has 1 fully saturated rings. The third-order valence-corrected chi connectivity index (χ3v) is 7.47. The number of rotatable bonds is 9. The second-order valence-corrected chi connectivity index (χ2v) is 10.1. The minimum Gasteiger partial charge on any atom is -0.354 e. The third kappa shape index (κ3) is 6.77. The maximum absolute atomic E-state index is 13.3. The summed E-state index contributed by atoms with van der Waals surface area (Å²) in [5, 5.41) is 2.85. The molecular formula is C24H32FN3O3S. The summed E-state index contributed by atoms with van der Waals surface area (Å²) in [4.78, 5) is 15.0. The number of hydrogen-bond acceptors (Lipinski definition) is 4. The monoisotopic (exact) mass is 461 g/mol. The second kappa shape index (κ2) is 11.4. The van der Waals surface area contributed by atoms with Crippen LogP contribution in [0.3, 0.4) is 0 Å². The lowest BCUT2D eigenvalue weighted by Gasteiger charge is -2.24. The molecule has 0 saturated carbocycles. The van der Waals surface area contributed by atoms with Crippen molar-refractivity contribution in [2.45, 2.75) is 43.9 Å². The summed E-state index contributed by atoms with van der Waals surface area (Å²) in [5.74, 6) is -0.889. The van der Waals surface area contributed by atoms with E-state index in [1.807, 2.05) is 6.92 Å². The van der Waals surface area contributed by atoms with Crippen molar-refractivity contribution in [2.75, 3.05) is 37.0 Å². The molecule has 1 saturated heterocycles. The fraction of sp³-hybridized carbons (Fsp3) is 0.458. The van der Waals surface area contributed by atoms with Crippen molar-refractivity contribution in [3.63, 3.8) is 0 Å². The number of nitrogens with one attached hydrogen (secondary N) is 1. The third-order valence-electron chi connectivity index (χ3n) is 5.68. The highest BCUT2D eigenvalue weighted by Gasteiger charge is 2.27. The Balaban J connectivity index is 1.65. The average molecular weight is 462 g/mol. The van der Waals surface area contributed by atoms with Gasteiger partial charge >= 0.3 is 0 Å². The smallest absolute Gasteiger partial charge is 0.264 e. The Morgan fingerprint density at radius 1 is 1.00 bits per heavy atom. The van der Waals surface area contributed by atoms with E-state index < -0.39 is 15.8 Å². The minimum absolute atomic E-state index is 0.0616. The van der Waals surface area contributed by atoms with Gasteiger partial charge in [-0.1, -0.05) is 30.5 Å². The maximum Gasteiger partial charge on any atom is 0.264 e. The lowest BCUT2D eigenvalue weighted by atomic mass is 10.2. The van der Waals surface area contributed by atoms with E-state index in [9.17, 15) is 17.6 Å². The number of amides is 1. The van der Waals surface area contributed by atoms with Crippen LogP contribution >= 0.6 is 0 Å². The number of benzene rings is 2. The topological polar surface area (TPSA) is 69.7 Å². The molecular weight excluding hydrogens is 429 g/mol. The van der Waals surface area contributed by atoms with Crippen molar-refractivity contribution in [2.24, 2.45) is 0 Å². The predicted octanol–water partition coefficient (Wildman–Crippen LogP) is 3.71. The number of nitrogens with zero attached hydrogens (tertiary/aromatic N) is 2. The SMILES string of the molecule is Cc1ccc(N(CC(=O)NCCCN2CCCCCC2)S(=O)(=O)c2ccc(F)cc2)cc1. The molecule has 1 aliphatic rings. The first-order chi connectivity index (χ1) is 15.4. The molecule has 3 rings (SSSR count). The number of sulfonamides is 1. The molecule has 0 unspecified atom stereocenters. The number of likely N-dealkylation sites (tertiary alicyclic amines) is 1. The molecule has 2 aromatic rings. The zero-order chi connectivity index (χ0) is 23.0. The van der Waals surface area contributed by atoms with Crippen LogP contribution in [-0.4, -0.2) is 51.9 Å². The van der Waals surface area contributed by atoms with Gasteiger partial charge in [-0.15, -0.1) is 0 Å². The molecule has 0 bridgehead atoms. The summed E-state index contributed by atoms with van der Waals surface area (Å²) in [6, 6.07) is 11.6. The van der Waals surface area contributed by atoms with Gasteiger partial charge in [-0.05, 0) is 82.2 Å². The molecule has 8 heteroatoms. The highest BCUT2D eigenvalue weighted by molar-refractivity contribution is 7.92. The van der Waals surface area contributed by atoms with Crippen LogP contribution in [0, 0.1) is 12.7 Å². The molecule has 1 aliphatic heterocycles. The minimum atomic E-state index is -4.03. The Kier molecular flexibility index (Phi) is 8.64.